The average Bonchev–Trinajstić information content (AvgIpc) is 3.62. The summed E-state index contributed by atoms with van der Waals surface area (Å²) in [5.74, 6) is 2.20. The number of rotatable bonds is 10. The third-order valence-electron chi connectivity index (χ3n) is 6.13. The second-order valence-electron chi connectivity index (χ2n) is 8.92. The number of halogens is 2. The average molecular weight is 623 g/mol. The van der Waals surface area contributed by atoms with Crippen LogP contribution in [0.2, 0.25) is 10.0 Å². The highest BCUT2D eigenvalue weighted by Crippen LogP contribution is 2.36. The van der Waals surface area contributed by atoms with Crippen molar-refractivity contribution in [1.82, 2.24) is 4.90 Å². The molecule has 1 fully saturated rings. The third-order valence-corrected chi connectivity index (χ3v) is 7.72. The standard InChI is InChI=1S/C31H25Cl2N3O5S/c1-38-24-10-5-20(6-11-24)17-34-35-31-36(18-25-4-3-13-40-25)30(37)29(42-31)15-21-7-12-27(28(14-21)39-2)41-19-22-8-9-23(32)16-26(22)33/h3-17H,18-19H2,1-2H3/b29-15-,34-17-,35-31+. The zero-order chi connectivity index (χ0) is 29.5. The number of carbonyl (C=O) groups excluding carboxylic acids is 1. The number of furan rings is 1. The van der Waals surface area contributed by atoms with E-state index in [1.807, 2.05) is 36.4 Å². The van der Waals surface area contributed by atoms with Crippen LogP contribution < -0.4 is 14.2 Å². The highest BCUT2D eigenvalue weighted by atomic mass is 35.5. The Morgan fingerprint density at radius 3 is 2.48 bits per heavy atom. The van der Waals surface area contributed by atoms with Crippen molar-refractivity contribution in [2.24, 2.45) is 10.2 Å². The van der Waals surface area contributed by atoms with E-state index in [1.165, 1.54) is 16.7 Å². The maximum atomic E-state index is 13.5. The largest absolute Gasteiger partial charge is 0.497 e. The zero-order valence-electron chi connectivity index (χ0n) is 22.6. The number of amides is 1. The molecule has 2 heterocycles. The van der Waals surface area contributed by atoms with Crippen LogP contribution in [-0.4, -0.2) is 36.4 Å². The molecular weight excluding hydrogens is 597 g/mol. The first-order valence-corrected chi connectivity index (χ1v) is 14.2. The first kappa shape index (κ1) is 29.3. The van der Waals surface area contributed by atoms with Gasteiger partial charge in [0.2, 0.25) is 0 Å². The summed E-state index contributed by atoms with van der Waals surface area (Å²) in [5.41, 5.74) is 2.39. The van der Waals surface area contributed by atoms with E-state index in [0.717, 1.165) is 22.4 Å². The third kappa shape index (κ3) is 7.17. The molecule has 0 unspecified atom stereocenters. The van der Waals surface area contributed by atoms with E-state index in [9.17, 15) is 4.79 Å². The quantitative estimate of drug-likeness (QED) is 0.102. The number of carbonyl (C=O) groups is 1. The van der Waals surface area contributed by atoms with Gasteiger partial charge in [-0.2, -0.15) is 5.10 Å². The lowest BCUT2D eigenvalue weighted by atomic mass is 10.1. The van der Waals surface area contributed by atoms with Crippen molar-refractivity contribution in [2.75, 3.05) is 14.2 Å². The van der Waals surface area contributed by atoms with Crippen molar-refractivity contribution < 1.29 is 23.4 Å². The van der Waals surface area contributed by atoms with Crippen LogP contribution in [0.15, 0.2) is 98.6 Å². The Morgan fingerprint density at radius 2 is 1.76 bits per heavy atom. The van der Waals surface area contributed by atoms with Crippen LogP contribution in [0.5, 0.6) is 17.2 Å². The molecule has 1 aliphatic rings. The minimum Gasteiger partial charge on any atom is -0.497 e. The zero-order valence-corrected chi connectivity index (χ0v) is 24.9. The molecule has 0 spiro atoms. The van der Waals surface area contributed by atoms with E-state index < -0.39 is 0 Å². The normalized spacial score (nSPS) is 15.2. The van der Waals surface area contributed by atoms with Crippen molar-refractivity contribution in [3.63, 3.8) is 0 Å². The molecule has 0 atom stereocenters. The summed E-state index contributed by atoms with van der Waals surface area (Å²) in [4.78, 5) is 15.5. The summed E-state index contributed by atoms with van der Waals surface area (Å²) in [6.07, 6.45) is 4.96. The van der Waals surface area contributed by atoms with E-state index in [1.54, 1.807) is 69.2 Å². The Labute approximate surface area is 257 Å². The predicted octanol–water partition coefficient (Wildman–Crippen LogP) is 7.69. The van der Waals surface area contributed by atoms with Crippen molar-refractivity contribution in [3.8, 4) is 17.2 Å². The lowest BCUT2D eigenvalue weighted by Crippen LogP contribution is -2.28. The van der Waals surface area contributed by atoms with Gasteiger partial charge in [0.1, 0.15) is 18.1 Å². The van der Waals surface area contributed by atoms with Crippen LogP contribution in [0.4, 0.5) is 0 Å². The van der Waals surface area contributed by atoms with Crippen LogP contribution in [0.25, 0.3) is 6.08 Å². The van der Waals surface area contributed by atoms with E-state index in [0.29, 0.717) is 37.4 Å². The fourth-order valence-corrected chi connectivity index (χ4v) is 5.35. The van der Waals surface area contributed by atoms with Gasteiger partial charge in [0.25, 0.3) is 5.91 Å². The number of benzene rings is 3. The summed E-state index contributed by atoms with van der Waals surface area (Å²) in [7, 11) is 3.17. The van der Waals surface area contributed by atoms with Crippen molar-refractivity contribution in [1.29, 1.82) is 0 Å². The molecule has 214 valence electrons. The van der Waals surface area contributed by atoms with Gasteiger partial charge in [0.05, 0.1) is 38.1 Å². The van der Waals surface area contributed by atoms with Crippen molar-refractivity contribution >= 4 is 58.3 Å². The fourth-order valence-electron chi connectivity index (χ4n) is 3.95. The second kappa shape index (κ2) is 13.7. The number of methoxy groups -OCH3 is 2. The lowest BCUT2D eigenvalue weighted by molar-refractivity contribution is -0.122. The first-order valence-electron chi connectivity index (χ1n) is 12.7. The lowest BCUT2D eigenvalue weighted by Gasteiger charge is -2.13. The summed E-state index contributed by atoms with van der Waals surface area (Å²) < 4.78 is 22.2. The van der Waals surface area contributed by atoms with Crippen LogP contribution in [0.3, 0.4) is 0 Å². The van der Waals surface area contributed by atoms with Crippen LogP contribution >= 0.6 is 35.0 Å². The van der Waals surface area contributed by atoms with Gasteiger partial charge in [-0.3, -0.25) is 9.69 Å². The van der Waals surface area contributed by atoms with Gasteiger partial charge in [-0.1, -0.05) is 35.3 Å². The SMILES string of the molecule is COc1ccc(/C=N\N=C2\S/C(=C\c3ccc(OCc4ccc(Cl)cc4Cl)c(OC)c3)C(=O)N2Cc2ccco2)cc1. The van der Waals surface area contributed by atoms with Gasteiger partial charge >= 0.3 is 0 Å². The monoisotopic (exact) mass is 621 g/mol. The van der Waals surface area contributed by atoms with E-state index in [-0.39, 0.29) is 19.1 Å². The molecule has 1 aromatic heterocycles. The number of amidine groups is 1. The van der Waals surface area contributed by atoms with Crippen molar-refractivity contribution in [2.45, 2.75) is 13.2 Å². The molecule has 1 amide bonds. The molecule has 8 nitrogen and oxygen atoms in total. The topological polar surface area (TPSA) is 85.9 Å². The molecule has 1 saturated heterocycles. The van der Waals surface area contributed by atoms with Crippen LogP contribution in [-0.2, 0) is 17.9 Å². The van der Waals surface area contributed by atoms with E-state index >= 15 is 0 Å². The molecular formula is C31H25Cl2N3O5S. The molecule has 5 rings (SSSR count). The molecule has 0 saturated carbocycles. The first-order chi connectivity index (χ1) is 20.4. The minimum atomic E-state index is -0.216. The van der Waals surface area contributed by atoms with Gasteiger partial charge in [-0.05, 0) is 89.6 Å². The number of thioether (sulfide) groups is 1. The Kier molecular flexibility index (Phi) is 9.53. The Balaban J connectivity index is 1.36. The number of ether oxygens (including phenoxy) is 3. The second-order valence-corrected chi connectivity index (χ2v) is 10.8. The summed E-state index contributed by atoms with van der Waals surface area (Å²) in [5, 5.41) is 10.1. The summed E-state index contributed by atoms with van der Waals surface area (Å²) in [6.45, 7) is 0.455. The number of nitrogens with zero attached hydrogens (tertiary/aromatic N) is 3. The maximum Gasteiger partial charge on any atom is 0.267 e. The molecule has 0 radical (unpaired) electrons. The van der Waals surface area contributed by atoms with Crippen LogP contribution in [0, 0.1) is 0 Å². The van der Waals surface area contributed by atoms with Gasteiger partial charge < -0.3 is 18.6 Å². The summed E-state index contributed by atoms with van der Waals surface area (Å²) in [6, 6.07) is 21.7. The molecule has 0 N–H and O–H groups in total. The number of hydrogen-bond donors (Lipinski definition) is 0. The molecule has 3 aromatic carbocycles. The highest BCUT2D eigenvalue weighted by molar-refractivity contribution is 8.18. The molecule has 1 aliphatic heterocycles. The Bertz CT molecular complexity index is 1650. The predicted molar refractivity (Wildman–Crippen MR) is 167 cm³/mol. The molecule has 0 bridgehead atoms. The van der Waals surface area contributed by atoms with Gasteiger partial charge in [0.15, 0.2) is 16.7 Å². The van der Waals surface area contributed by atoms with Gasteiger partial charge in [-0.15, -0.1) is 5.10 Å². The van der Waals surface area contributed by atoms with E-state index in [2.05, 4.69) is 10.2 Å². The Morgan fingerprint density at radius 1 is 0.952 bits per heavy atom. The smallest absolute Gasteiger partial charge is 0.267 e. The summed E-state index contributed by atoms with van der Waals surface area (Å²) >= 11 is 13.5. The van der Waals surface area contributed by atoms with Crippen molar-refractivity contribution in [3.05, 3.63) is 116 Å². The Hall–Kier alpha value is -4.18. The maximum absolute atomic E-state index is 13.5. The number of hydrogen-bond acceptors (Lipinski definition) is 8. The highest BCUT2D eigenvalue weighted by Gasteiger charge is 2.34. The molecule has 4 aromatic rings. The van der Waals surface area contributed by atoms with Crippen LogP contribution in [0.1, 0.15) is 22.5 Å². The fraction of sp³-hybridized carbons (Fsp3) is 0.129. The molecule has 11 heteroatoms. The van der Waals surface area contributed by atoms with Gasteiger partial charge in [-0.25, -0.2) is 0 Å². The molecule has 42 heavy (non-hydrogen) atoms. The van der Waals surface area contributed by atoms with Gasteiger partial charge in [0, 0.05) is 15.6 Å². The van der Waals surface area contributed by atoms with E-state index in [4.69, 9.17) is 41.8 Å². The minimum absolute atomic E-state index is 0.216. The molecule has 0 aliphatic carbocycles.